The van der Waals surface area contributed by atoms with Crippen molar-refractivity contribution in [3.8, 4) is 0 Å². The predicted molar refractivity (Wildman–Crippen MR) is 79.6 cm³/mol. The Kier molecular flexibility index (Phi) is 3.88. The molecule has 0 unspecified atom stereocenters. The Bertz CT molecular complexity index is 644. The van der Waals surface area contributed by atoms with E-state index in [4.69, 9.17) is 4.74 Å². The van der Waals surface area contributed by atoms with Crippen LogP contribution in [-0.4, -0.2) is 46.7 Å². The van der Waals surface area contributed by atoms with Crippen molar-refractivity contribution in [2.45, 2.75) is 20.3 Å². The molecule has 6 nitrogen and oxygen atoms in total. The summed E-state index contributed by atoms with van der Waals surface area (Å²) in [6.45, 7) is 6.93. The minimum atomic E-state index is 0.0276. The van der Waals surface area contributed by atoms with E-state index in [1.165, 1.54) is 0 Å². The molecule has 6 heteroatoms. The number of Topliss-reactive ketones (excluding diaryl/α,β-unsaturated/α-hetero) is 1. The van der Waals surface area contributed by atoms with Crippen LogP contribution in [0.1, 0.15) is 19.5 Å². The van der Waals surface area contributed by atoms with E-state index in [2.05, 4.69) is 15.0 Å². The molecule has 21 heavy (non-hydrogen) atoms. The highest BCUT2D eigenvalue weighted by Gasteiger charge is 2.18. The molecule has 3 heterocycles. The zero-order valence-corrected chi connectivity index (χ0v) is 12.5. The van der Waals surface area contributed by atoms with Crippen LogP contribution in [0.2, 0.25) is 0 Å². The van der Waals surface area contributed by atoms with Crippen molar-refractivity contribution >= 4 is 17.2 Å². The van der Waals surface area contributed by atoms with Gasteiger partial charge in [-0.3, -0.25) is 4.79 Å². The fourth-order valence-electron chi connectivity index (χ4n) is 2.44. The SMILES string of the molecule is CC(C)C(=O)Cc1cc(N2CCOCC2)n2nccc2n1. The number of anilines is 1. The molecule has 1 aliphatic rings. The van der Waals surface area contributed by atoms with Gasteiger partial charge in [-0.05, 0) is 0 Å². The molecule has 3 rings (SSSR count). The largest absolute Gasteiger partial charge is 0.378 e. The second-order valence-electron chi connectivity index (χ2n) is 5.60. The third-order valence-electron chi connectivity index (χ3n) is 3.73. The van der Waals surface area contributed by atoms with E-state index in [0.717, 1.165) is 30.2 Å². The quantitative estimate of drug-likeness (QED) is 0.849. The van der Waals surface area contributed by atoms with Gasteiger partial charge < -0.3 is 9.64 Å². The highest BCUT2D eigenvalue weighted by molar-refractivity contribution is 5.82. The number of ether oxygens (including phenoxy) is 1. The van der Waals surface area contributed by atoms with Gasteiger partial charge in [0.1, 0.15) is 11.6 Å². The molecule has 0 saturated carbocycles. The summed E-state index contributed by atoms with van der Waals surface area (Å²) >= 11 is 0. The second-order valence-corrected chi connectivity index (χ2v) is 5.60. The van der Waals surface area contributed by atoms with Crippen molar-refractivity contribution < 1.29 is 9.53 Å². The predicted octanol–water partition coefficient (Wildman–Crippen LogP) is 1.33. The number of rotatable bonds is 4. The smallest absolute Gasteiger partial charge is 0.157 e. The van der Waals surface area contributed by atoms with Crippen LogP contribution in [-0.2, 0) is 16.0 Å². The van der Waals surface area contributed by atoms with Crippen molar-refractivity contribution in [3.63, 3.8) is 0 Å². The molecule has 0 bridgehead atoms. The molecule has 1 saturated heterocycles. The third-order valence-corrected chi connectivity index (χ3v) is 3.73. The highest BCUT2D eigenvalue weighted by atomic mass is 16.5. The Hall–Kier alpha value is -1.95. The molecule has 0 radical (unpaired) electrons. The molecule has 0 N–H and O–H groups in total. The number of fused-ring (bicyclic) bond motifs is 1. The van der Waals surface area contributed by atoms with Gasteiger partial charge in [-0.2, -0.15) is 9.61 Å². The first-order valence-corrected chi connectivity index (χ1v) is 7.34. The van der Waals surface area contributed by atoms with Crippen LogP contribution < -0.4 is 4.90 Å². The summed E-state index contributed by atoms with van der Waals surface area (Å²) in [5, 5.41) is 4.34. The normalized spacial score (nSPS) is 15.9. The summed E-state index contributed by atoms with van der Waals surface area (Å²) in [5.41, 5.74) is 1.59. The van der Waals surface area contributed by atoms with Crippen LogP contribution in [0.5, 0.6) is 0 Å². The van der Waals surface area contributed by atoms with E-state index >= 15 is 0 Å². The number of carbonyl (C=O) groups excluding carboxylic acids is 1. The average molecular weight is 288 g/mol. The Balaban J connectivity index is 1.97. The molecule has 1 fully saturated rings. The van der Waals surface area contributed by atoms with Gasteiger partial charge in [0.05, 0.1) is 25.1 Å². The Morgan fingerprint density at radius 2 is 2.14 bits per heavy atom. The van der Waals surface area contributed by atoms with Gasteiger partial charge in [0.25, 0.3) is 0 Å². The Morgan fingerprint density at radius 1 is 1.38 bits per heavy atom. The van der Waals surface area contributed by atoms with Crippen molar-refractivity contribution in [2.75, 3.05) is 31.2 Å². The van der Waals surface area contributed by atoms with Crippen molar-refractivity contribution in [1.82, 2.24) is 14.6 Å². The van der Waals surface area contributed by atoms with Gasteiger partial charge in [0.15, 0.2) is 5.65 Å². The van der Waals surface area contributed by atoms with Gasteiger partial charge in [0, 0.05) is 37.6 Å². The molecule has 2 aromatic heterocycles. The topological polar surface area (TPSA) is 59.7 Å². The molecule has 2 aromatic rings. The Morgan fingerprint density at radius 3 is 2.86 bits per heavy atom. The second kappa shape index (κ2) is 5.81. The standard InChI is InChI=1S/C15H20N4O2/c1-11(2)13(20)9-12-10-15(18-5-7-21-8-6-18)19-14(17-12)3-4-16-19/h3-4,10-11H,5-9H2,1-2H3. The number of hydrogen-bond donors (Lipinski definition) is 0. The Labute approximate surface area is 123 Å². The lowest BCUT2D eigenvalue weighted by Crippen LogP contribution is -2.37. The summed E-state index contributed by atoms with van der Waals surface area (Å²) in [4.78, 5) is 18.7. The van der Waals surface area contributed by atoms with Gasteiger partial charge in [-0.1, -0.05) is 13.8 Å². The number of hydrogen-bond acceptors (Lipinski definition) is 5. The van der Waals surface area contributed by atoms with E-state index in [1.807, 2.05) is 30.5 Å². The van der Waals surface area contributed by atoms with Crippen molar-refractivity contribution in [1.29, 1.82) is 0 Å². The minimum absolute atomic E-state index is 0.0276. The maximum atomic E-state index is 12.0. The van der Waals surface area contributed by atoms with Gasteiger partial charge in [-0.15, -0.1) is 0 Å². The number of ketones is 1. The maximum Gasteiger partial charge on any atom is 0.157 e. The number of morpholine rings is 1. The van der Waals surface area contributed by atoms with Gasteiger partial charge >= 0.3 is 0 Å². The first kappa shape index (κ1) is 14.0. The lowest BCUT2D eigenvalue weighted by molar-refractivity contribution is -0.121. The fourth-order valence-corrected chi connectivity index (χ4v) is 2.44. The zero-order chi connectivity index (χ0) is 14.8. The van der Waals surface area contributed by atoms with Gasteiger partial charge in [0.2, 0.25) is 0 Å². The molecule has 0 atom stereocenters. The molecular weight excluding hydrogens is 268 g/mol. The van der Waals surface area contributed by atoms with Crippen LogP contribution in [0, 0.1) is 5.92 Å². The van der Waals surface area contributed by atoms with E-state index in [0.29, 0.717) is 19.6 Å². The summed E-state index contributed by atoms with van der Waals surface area (Å²) < 4.78 is 7.23. The van der Waals surface area contributed by atoms with Crippen LogP contribution in [0.25, 0.3) is 5.65 Å². The zero-order valence-electron chi connectivity index (χ0n) is 12.5. The van der Waals surface area contributed by atoms with E-state index in [9.17, 15) is 4.79 Å². The fraction of sp³-hybridized carbons (Fsp3) is 0.533. The molecule has 0 amide bonds. The van der Waals surface area contributed by atoms with Gasteiger partial charge in [-0.25, -0.2) is 4.98 Å². The van der Waals surface area contributed by atoms with Crippen molar-refractivity contribution in [2.24, 2.45) is 5.92 Å². The molecule has 1 aliphatic heterocycles. The lowest BCUT2D eigenvalue weighted by Gasteiger charge is -2.29. The van der Waals surface area contributed by atoms with Crippen LogP contribution in [0.15, 0.2) is 18.3 Å². The van der Waals surface area contributed by atoms with E-state index < -0.39 is 0 Å². The van der Waals surface area contributed by atoms with Crippen LogP contribution in [0.4, 0.5) is 5.82 Å². The number of nitrogens with zero attached hydrogens (tertiary/aromatic N) is 4. The van der Waals surface area contributed by atoms with E-state index in [-0.39, 0.29) is 11.7 Å². The number of carbonyl (C=O) groups is 1. The van der Waals surface area contributed by atoms with E-state index in [1.54, 1.807) is 6.20 Å². The molecule has 0 aliphatic carbocycles. The monoisotopic (exact) mass is 288 g/mol. The average Bonchev–Trinajstić information content (AvgIpc) is 2.95. The molecule has 0 aromatic carbocycles. The molecule has 0 spiro atoms. The first-order chi connectivity index (χ1) is 10.1. The lowest BCUT2D eigenvalue weighted by atomic mass is 10.0. The summed E-state index contributed by atoms with van der Waals surface area (Å²) in [6.07, 6.45) is 2.11. The molecule has 112 valence electrons. The summed E-state index contributed by atoms with van der Waals surface area (Å²) in [7, 11) is 0. The minimum Gasteiger partial charge on any atom is -0.378 e. The molecular formula is C15H20N4O2. The summed E-state index contributed by atoms with van der Waals surface area (Å²) in [6, 6.07) is 3.85. The van der Waals surface area contributed by atoms with Crippen LogP contribution in [0.3, 0.4) is 0 Å². The summed E-state index contributed by atoms with van der Waals surface area (Å²) in [5.74, 6) is 1.22. The maximum absolute atomic E-state index is 12.0. The van der Waals surface area contributed by atoms with Crippen molar-refractivity contribution in [3.05, 3.63) is 24.0 Å². The number of aromatic nitrogens is 3. The third kappa shape index (κ3) is 2.90. The first-order valence-electron chi connectivity index (χ1n) is 7.34. The van der Waals surface area contributed by atoms with Crippen LogP contribution >= 0.6 is 0 Å². The highest BCUT2D eigenvalue weighted by Crippen LogP contribution is 2.19.